The lowest BCUT2D eigenvalue weighted by molar-refractivity contribution is 0.388. The predicted molar refractivity (Wildman–Crippen MR) is 59.7 cm³/mol. The van der Waals surface area contributed by atoms with E-state index in [9.17, 15) is 0 Å². The van der Waals surface area contributed by atoms with E-state index in [2.05, 4.69) is 16.0 Å². The first-order valence-corrected chi connectivity index (χ1v) is 5.06. The standard InChI is InChI=1S/C12H14N2O/c1-15-12-5-4-11(9-14-12)7-10-3-2-6-13-8-10/h2-3,6,8-9H,4-5,7H2,1H3. The third kappa shape index (κ3) is 2.65. The third-order valence-electron chi connectivity index (χ3n) is 2.44. The lowest BCUT2D eigenvalue weighted by Gasteiger charge is -2.12. The van der Waals surface area contributed by atoms with Crippen LogP contribution in [0, 0.1) is 0 Å². The van der Waals surface area contributed by atoms with E-state index in [4.69, 9.17) is 4.74 Å². The zero-order chi connectivity index (χ0) is 10.5. The average Bonchev–Trinajstić information content (AvgIpc) is 2.31. The number of hydrogen-bond donors (Lipinski definition) is 0. The van der Waals surface area contributed by atoms with Gasteiger partial charge >= 0.3 is 0 Å². The van der Waals surface area contributed by atoms with Crippen molar-refractivity contribution in [3.05, 3.63) is 41.9 Å². The SMILES string of the molecule is COC1=NC=C(Cc2cccnc2)CC1. The molecule has 0 spiro atoms. The Balaban J connectivity index is 2.03. The van der Waals surface area contributed by atoms with Gasteiger partial charge in [0.2, 0.25) is 0 Å². The lowest BCUT2D eigenvalue weighted by Crippen LogP contribution is -2.06. The van der Waals surface area contributed by atoms with Crippen LogP contribution in [0.4, 0.5) is 0 Å². The summed E-state index contributed by atoms with van der Waals surface area (Å²) in [6.45, 7) is 0. The summed E-state index contributed by atoms with van der Waals surface area (Å²) in [5, 5.41) is 0. The van der Waals surface area contributed by atoms with Gasteiger partial charge in [-0.25, -0.2) is 4.99 Å². The van der Waals surface area contributed by atoms with Crippen LogP contribution in [-0.4, -0.2) is 18.0 Å². The maximum Gasteiger partial charge on any atom is 0.187 e. The molecule has 15 heavy (non-hydrogen) atoms. The Morgan fingerprint density at radius 3 is 2.93 bits per heavy atom. The summed E-state index contributed by atoms with van der Waals surface area (Å²) in [6, 6.07) is 4.05. The Kier molecular flexibility index (Phi) is 3.12. The number of ether oxygens (including phenoxy) is 1. The molecule has 2 heterocycles. The van der Waals surface area contributed by atoms with Crippen LogP contribution in [0.5, 0.6) is 0 Å². The van der Waals surface area contributed by atoms with Crippen LogP contribution in [0.2, 0.25) is 0 Å². The zero-order valence-corrected chi connectivity index (χ0v) is 8.81. The number of aliphatic imine (C=N–C) groups is 1. The van der Waals surface area contributed by atoms with Crippen LogP contribution in [0.3, 0.4) is 0 Å². The van der Waals surface area contributed by atoms with Crippen LogP contribution in [0.1, 0.15) is 18.4 Å². The smallest absolute Gasteiger partial charge is 0.187 e. The first-order valence-electron chi connectivity index (χ1n) is 5.06. The highest BCUT2D eigenvalue weighted by Crippen LogP contribution is 2.17. The maximum absolute atomic E-state index is 5.08. The molecule has 0 aromatic carbocycles. The van der Waals surface area contributed by atoms with E-state index in [0.717, 1.165) is 25.2 Å². The quantitative estimate of drug-likeness (QED) is 0.737. The fraction of sp³-hybridized carbons (Fsp3) is 0.333. The normalized spacial score (nSPS) is 15.5. The van der Waals surface area contributed by atoms with Crippen molar-refractivity contribution in [1.82, 2.24) is 4.98 Å². The second-order valence-electron chi connectivity index (χ2n) is 3.55. The average molecular weight is 202 g/mol. The molecule has 3 nitrogen and oxygen atoms in total. The molecule has 0 saturated heterocycles. The molecule has 0 atom stereocenters. The van der Waals surface area contributed by atoms with E-state index in [0.29, 0.717) is 0 Å². The maximum atomic E-state index is 5.08. The molecular formula is C12H14N2O. The van der Waals surface area contributed by atoms with Crippen LogP contribution in [0.15, 0.2) is 41.3 Å². The van der Waals surface area contributed by atoms with Crippen LogP contribution < -0.4 is 0 Å². The van der Waals surface area contributed by atoms with Crippen molar-refractivity contribution < 1.29 is 4.74 Å². The molecule has 0 amide bonds. The Labute approximate surface area is 89.5 Å². The summed E-state index contributed by atoms with van der Waals surface area (Å²) < 4.78 is 5.08. The van der Waals surface area contributed by atoms with E-state index < -0.39 is 0 Å². The van der Waals surface area contributed by atoms with Gasteiger partial charge in [0.1, 0.15) is 0 Å². The van der Waals surface area contributed by atoms with Gasteiger partial charge in [-0.1, -0.05) is 6.07 Å². The molecular weight excluding hydrogens is 188 g/mol. The number of methoxy groups -OCH3 is 1. The van der Waals surface area contributed by atoms with Crippen molar-refractivity contribution >= 4 is 5.90 Å². The number of allylic oxidation sites excluding steroid dienone is 1. The molecule has 0 unspecified atom stereocenters. The van der Waals surface area contributed by atoms with Gasteiger partial charge in [-0.2, -0.15) is 0 Å². The Morgan fingerprint density at radius 2 is 2.33 bits per heavy atom. The molecule has 0 fully saturated rings. The van der Waals surface area contributed by atoms with Gasteiger partial charge in [0, 0.05) is 25.0 Å². The summed E-state index contributed by atoms with van der Waals surface area (Å²) in [5.41, 5.74) is 2.57. The third-order valence-corrected chi connectivity index (χ3v) is 2.44. The van der Waals surface area contributed by atoms with E-state index in [1.54, 1.807) is 13.3 Å². The van der Waals surface area contributed by atoms with Gasteiger partial charge in [-0.15, -0.1) is 0 Å². The van der Waals surface area contributed by atoms with Crippen molar-refractivity contribution in [1.29, 1.82) is 0 Å². The van der Waals surface area contributed by atoms with Crippen LogP contribution in [-0.2, 0) is 11.2 Å². The minimum atomic E-state index is 0.824. The van der Waals surface area contributed by atoms with Crippen molar-refractivity contribution in [3.8, 4) is 0 Å². The number of aromatic nitrogens is 1. The summed E-state index contributed by atoms with van der Waals surface area (Å²) in [4.78, 5) is 8.33. The zero-order valence-electron chi connectivity index (χ0n) is 8.81. The number of hydrogen-bond acceptors (Lipinski definition) is 3. The second kappa shape index (κ2) is 4.73. The van der Waals surface area contributed by atoms with E-state index in [-0.39, 0.29) is 0 Å². The van der Waals surface area contributed by atoms with E-state index in [1.165, 1.54) is 11.1 Å². The van der Waals surface area contributed by atoms with Crippen molar-refractivity contribution in [2.45, 2.75) is 19.3 Å². The minimum Gasteiger partial charge on any atom is -0.484 e. The highest BCUT2D eigenvalue weighted by Gasteiger charge is 2.08. The molecule has 0 aliphatic carbocycles. The molecule has 78 valence electrons. The van der Waals surface area contributed by atoms with Crippen molar-refractivity contribution in [3.63, 3.8) is 0 Å². The second-order valence-corrected chi connectivity index (χ2v) is 3.55. The van der Waals surface area contributed by atoms with Crippen molar-refractivity contribution in [2.24, 2.45) is 4.99 Å². The van der Waals surface area contributed by atoms with Gasteiger partial charge in [0.25, 0.3) is 0 Å². The first-order chi connectivity index (χ1) is 7.38. The monoisotopic (exact) mass is 202 g/mol. The van der Waals surface area contributed by atoms with Crippen molar-refractivity contribution in [2.75, 3.05) is 7.11 Å². The number of nitrogens with zero attached hydrogens (tertiary/aromatic N) is 2. The fourth-order valence-electron chi connectivity index (χ4n) is 1.61. The van der Waals surface area contributed by atoms with Gasteiger partial charge in [0.05, 0.1) is 7.11 Å². The topological polar surface area (TPSA) is 34.5 Å². The fourth-order valence-corrected chi connectivity index (χ4v) is 1.61. The minimum absolute atomic E-state index is 0.824. The molecule has 0 saturated carbocycles. The molecule has 1 aromatic rings. The molecule has 2 rings (SSSR count). The molecule has 0 radical (unpaired) electrons. The van der Waals surface area contributed by atoms with Gasteiger partial charge in [-0.05, 0) is 30.0 Å². The molecule has 1 aliphatic rings. The Morgan fingerprint density at radius 1 is 1.40 bits per heavy atom. The number of rotatable bonds is 2. The van der Waals surface area contributed by atoms with Crippen LogP contribution >= 0.6 is 0 Å². The summed E-state index contributed by atoms with van der Waals surface area (Å²) in [6.07, 6.45) is 8.48. The first kappa shape index (κ1) is 9.90. The molecule has 3 heteroatoms. The Hall–Kier alpha value is -1.64. The summed E-state index contributed by atoms with van der Waals surface area (Å²) >= 11 is 0. The Bertz CT molecular complexity index is 382. The largest absolute Gasteiger partial charge is 0.484 e. The highest BCUT2D eigenvalue weighted by molar-refractivity contribution is 5.77. The van der Waals surface area contributed by atoms with E-state index >= 15 is 0 Å². The lowest BCUT2D eigenvalue weighted by atomic mass is 10.0. The summed E-state index contributed by atoms with van der Waals surface area (Å²) in [5.74, 6) is 0.824. The highest BCUT2D eigenvalue weighted by atomic mass is 16.5. The van der Waals surface area contributed by atoms with E-state index in [1.807, 2.05) is 18.5 Å². The number of pyridine rings is 1. The van der Waals surface area contributed by atoms with Gasteiger partial charge < -0.3 is 4.74 Å². The molecule has 1 aliphatic heterocycles. The van der Waals surface area contributed by atoms with Crippen LogP contribution in [0.25, 0.3) is 0 Å². The molecule has 1 aromatic heterocycles. The predicted octanol–water partition coefficient (Wildman–Crippen LogP) is 2.35. The van der Waals surface area contributed by atoms with Gasteiger partial charge in [-0.3, -0.25) is 4.98 Å². The molecule has 0 bridgehead atoms. The summed E-state index contributed by atoms with van der Waals surface area (Å²) in [7, 11) is 1.67. The molecule has 0 N–H and O–H groups in total. The van der Waals surface area contributed by atoms with Gasteiger partial charge in [0.15, 0.2) is 5.90 Å².